The van der Waals surface area contributed by atoms with Crippen molar-refractivity contribution >= 4 is 5.69 Å². The highest BCUT2D eigenvalue weighted by atomic mass is 16.6. The van der Waals surface area contributed by atoms with Crippen molar-refractivity contribution < 1.29 is 4.92 Å². The van der Waals surface area contributed by atoms with Crippen molar-refractivity contribution in [2.45, 2.75) is 19.4 Å². The van der Waals surface area contributed by atoms with E-state index in [0.29, 0.717) is 12.1 Å². The van der Waals surface area contributed by atoms with Crippen molar-refractivity contribution in [1.29, 1.82) is 0 Å². The molecule has 0 aliphatic carbocycles. The topological polar surface area (TPSA) is 69.2 Å². The molecule has 0 aliphatic rings. The smallest absolute Gasteiger partial charge is 0.214 e. The maximum atomic E-state index is 10.4. The van der Waals surface area contributed by atoms with Gasteiger partial charge in [-0.3, -0.25) is 10.1 Å². The first kappa shape index (κ1) is 9.51. The van der Waals surface area contributed by atoms with Gasteiger partial charge in [0.05, 0.1) is 0 Å². The number of nitro groups is 1. The molecule has 13 heavy (non-hydrogen) atoms. The zero-order valence-electron chi connectivity index (χ0n) is 7.43. The van der Waals surface area contributed by atoms with Crippen LogP contribution >= 0.6 is 0 Å². The minimum absolute atomic E-state index is 0.289. The van der Waals surface area contributed by atoms with Crippen LogP contribution in [0.3, 0.4) is 0 Å². The van der Waals surface area contributed by atoms with Gasteiger partial charge in [0.1, 0.15) is 0 Å². The van der Waals surface area contributed by atoms with Crippen molar-refractivity contribution in [2.24, 2.45) is 0 Å². The lowest BCUT2D eigenvalue weighted by Gasteiger charge is -2.04. The molecule has 1 unspecified atom stereocenters. The highest BCUT2D eigenvalue weighted by molar-refractivity contribution is 5.40. The SMILES string of the molecule is CC(Cc1cccc(N)c1)[N+](=O)[O-]. The van der Waals surface area contributed by atoms with Gasteiger partial charge in [0, 0.05) is 24.0 Å². The lowest BCUT2D eigenvalue weighted by atomic mass is 10.1. The van der Waals surface area contributed by atoms with Gasteiger partial charge >= 0.3 is 0 Å². The molecule has 0 saturated carbocycles. The van der Waals surface area contributed by atoms with Gasteiger partial charge in [0.25, 0.3) is 0 Å². The zero-order valence-corrected chi connectivity index (χ0v) is 7.43. The Morgan fingerprint density at radius 2 is 2.31 bits per heavy atom. The number of nitrogens with zero attached hydrogens (tertiary/aromatic N) is 1. The van der Waals surface area contributed by atoms with Crippen LogP contribution in [-0.4, -0.2) is 11.0 Å². The van der Waals surface area contributed by atoms with E-state index in [1.54, 1.807) is 25.1 Å². The maximum absolute atomic E-state index is 10.4. The van der Waals surface area contributed by atoms with Gasteiger partial charge in [-0.1, -0.05) is 12.1 Å². The third-order valence-electron chi connectivity index (χ3n) is 1.84. The molecule has 0 aliphatic heterocycles. The van der Waals surface area contributed by atoms with Crippen LogP contribution in [0.2, 0.25) is 0 Å². The van der Waals surface area contributed by atoms with E-state index in [0.717, 1.165) is 5.56 Å². The molecule has 0 radical (unpaired) electrons. The summed E-state index contributed by atoms with van der Waals surface area (Å²) in [6.45, 7) is 1.59. The van der Waals surface area contributed by atoms with Crippen LogP contribution < -0.4 is 5.73 Å². The molecule has 0 heterocycles. The molecule has 1 rings (SSSR count). The van der Waals surface area contributed by atoms with E-state index < -0.39 is 6.04 Å². The van der Waals surface area contributed by atoms with Crippen molar-refractivity contribution in [3.63, 3.8) is 0 Å². The Hall–Kier alpha value is -1.58. The van der Waals surface area contributed by atoms with Crippen LogP contribution in [0.15, 0.2) is 24.3 Å². The molecule has 1 aromatic rings. The van der Waals surface area contributed by atoms with E-state index in [4.69, 9.17) is 5.73 Å². The fourth-order valence-corrected chi connectivity index (χ4v) is 1.14. The molecular formula is C9H12N2O2. The average molecular weight is 180 g/mol. The number of anilines is 1. The van der Waals surface area contributed by atoms with Crippen molar-refractivity contribution in [2.75, 3.05) is 5.73 Å². The van der Waals surface area contributed by atoms with E-state index in [-0.39, 0.29) is 4.92 Å². The minimum atomic E-state index is -0.554. The fraction of sp³-hybridized carbons (Fsp3) is 0.333. The first-order chi connectivity index (χ1) is 6.09. The first-order valence-corrected chi connectivity index (χ1v) is 4.07. The highest BCUT2D eigenvalue weighted by Crippen LogP contribution is 2.09. The van der Waals surface area contributed by atoms with Crippen LogP contribution in [0.5, 0.6) is 0 Å². The van der Waals surface area contributed by atoms with Crippen molar-refractivity contribution in [1.82, 2.24) is 0 Å². The van der Waals surface area contributed by atoms with Gasteiger partial charge < -0.3 is 5.73 Å². The van der Waals surface area contributed by atoms with Gasteiger partial charge in [0.2, 0.25) is 6.04 Å². The average Bonchev–Trinajstić information content (AvgIpc) is 2.04. The molecule has 1 atom stereocenters. The summed E-state index contributed by atoms with van der Waals surface area (Å²) in [5, 5.41) is 10.4. The van der Waals surface area contributed by atoms with Gasteiger partial charge in [0.15, 0.2) is 0 Å². The summed E-state index contributed by atoms with van der Waals surface area (Å²) < 4.78 is 0. The Labute approximate surface area is 76.5 Å². The van der Waals surface area contributed by atoms with E-state index in [1.165, 1.54) is 0 Å². The van der Waals surface area contributed by atoms with E-state index in [9.17, 15) is 10.1 Å². The van der Waals surface area contributed by atoms with Gasteiger partial charge in [-0.25, -0.2) is 0 Å². The lowest BCUT2D eigenvalue weighted by molar-refractivity contribution is -0.517. The van der Waals surface area contributed by atoms with Crippen LogP contribution in [-0.2, 0) is 6.42 Å². The number of benzene rings is 1. The Morgan fingerprint density at radius 3 is 2.85 bits per heavy atom. The third-order valence-corrected chi connectivity index (χ3v) is 1.84. The largest absolute Gasteiger partial charge is 0.399 e. The summed E-state index contributed by atoms with van der Waals surface area (Å²) in [6.07, 6.45) is 0.429. The molecule has 1 aromatic carbocycles. The van der Waals surface area contributed by atoms with Crippen LogP contribution in [0.1, 0.15) is 12.5 Å². The highest BCUT2D eigenvalue weighted by Gasteiger charge is 2.12. The van der Waals surface area contributed by atoms with E-state index >= 15 is 0 Å². The molecule has 0 aromatic heterocycles. The summed E-state index contributed by atoms with van der Waals surface area (Å²) in [6, 6.07) is 6.62. The van der Waals surface area contributed by atoms with Crippen LogP contribution in [0.25, 0.3) is 0 Å². The second kappa shape index (κ2) is 3.89. The molecule has 0 spiro atoms. The Morgan fingerprint density at radius 1 is 1.62 bits per heavy atom. The minimum Gasteiger partial charge on any atom is -0.399 e. The van der Waals surface area contributed by atoms with Crippen LogP contribution in [0, 0.1) is 10.1 Å². The zero-order chi connectivity index (χ0) is 9.84. The monoisotopic (exact) mass is 180 g/mol. The molecule has 2 N–H and O–H groups in total. The number of nitrogen functional groups attached to an aromatic ring is 1. The maximum Gasteiger partial charge on any atom is 0.214 e. The molecule has 0 bridgehead atoms. The summed E-state index contributed by atoms with van der Waals surface area (Å²) in [7, 11) is 0. The van der Waals surface area contributed by atoms with Gasteiger partial charge in [-0.15, -0.1) is 0 Å². The Bertz CT molecular complexity index is 312. The van der Waals surface area contributed by atoms with Gasteiger partial charge in [-0.2, -0.15) is 0 Å². The predicted octanol–water partition coefficient (Wildman–Crippen LogP) is 1.48. The number of hydrogen-bond acceptors (Lipinski definition) is 3. The van der Waals surface area contributed by atoms with Crippen molar-refractivity contribution in [3.05, 3.63) is 39.9 Å². The Kier molecular flexibility index (Phi) is 2.84. The van der Waals surface area contributed by atoms with Crippen LogP contribution in [0.4, 0.5) is 5.69 Å². The number of rotatable bonds is 3. The number of nitrogens with two attached hydrogens (primary N) is 1. The number of hydrogen-bond donors (Lipinski definition) is 1. The fourth-order valence-electron chi connectivity index (χ4n) is 1.14. The second-order valence-electron chi connectivity index (χ2n) is 3.08. The molecule has 0 saturated heterocycles. The third kappa shape index (κ3) is 2.74. The molecule has 0 fully saturated rings. The first-order valence-electron chi connectivity index (χ1n) is 4.07. The molecular weight excluding hydrogens is 168 g/mol. The molecule has 0 amide bonds. The van der Waals surface area contributed by atoms with E-state index in [1.807, 2.05) is 6.07 Å². The summed E-state index contributed by atoms with van der Waals surface area (Å²) in [4.78, 5) is 10.1. The molecule has 4 heteroatoms. The van der Waals surface area contributed by atoms with E-state index in [2.05, 4.69) is 0 Å². The summed E-state index contributed by atoms with van der Waals surface area (Å²) >= 11 is 0. The molecule has 70 valence electrons. The normalized spacial score (nSPS) is 12.4. The summed E-state index contributed by atoms with van der Waals surface area (Å²) in [5.41, 5.74) is 7.09. The quantitative estimate of drug-likeness (QED) is 0.435. The summed E-state index contributed by atoms with van der Waals surface area (Å²) in [5.74, 6) is 0. The molecule has 4 nitrogen and oxygen atoms in total. The lowest BCUT2D eigenvalue weighted by Crippen LogP contribution is -2.17. The predicted molar refractivity (Wildman–Crippen MR) is 51.0 cm³/mol. The second-order valence-corrected chi connectivity index (χ2v) is 3.08. The Balaban J connectivity index is 2.69. The van der Waals surface area contributed by atoms with Gasteiger partial charge in [-0.05, 0) is 17.7 Å². The van der Waals surface area contributed by atoms with Crippen molar-refractivity contribution in [3.8, 4) is 0 Å². The standard InChI is InChI=1S/C9H12N2O2/c1-7(11(12)13)5-8-3-2-4-9(10)6-8/h2-4,6-7H,5,10H2,1H3.